The number of amides is 1. The van der Waals surface area contributed by atoms with Crippen LogP contribution in [0.5, 0.6) is 0 Å². The number of nitro groups is 2. The van der Waals surface area contributed by atoms with Gasteiger partial charge in [-0.1, -0.05) is 6.08 Å². The largest absolute Gasteiger partial charge is 0.462 e. The number of rotatable bonds is 8. The number of esters is 1. The lowest BCUT2D eigenvalue weighted by Gasteiger charge is -2.37. The number of piperidine rings is 1. The fourth-order valence-corrected chi connectivity index (χ4v) is 3.85. The van der Waals surface area contributed by atoms with E-state index in [0.717, 1.165) is 0 Å². The fraction of sp³-hybridized carbons (Fsp3) is 0.304. The van der Waals surface area contributed by atoms with Crippen LogP contribution in [0.25, 0.3) is 0 Å². The summed E-state index contributed by atoms with van der Waals surface area (Å²) in [5.74, 6) is -0.558. The molecule has 10 nitrogen and oxygen atoms in total. The summed E-state index contributed by atoms with van der Waals surface area (Å²) in [6.07, 6.45) is 3.08. The number of nitrogens with zero attached hydrogens (tertiary/aromatic N) is 3. The van der Waals surface area contributed by atoms with Gasteiger partial charge in [-0.15, -0.1) is 6.58 Å². The highest BCUT2D eigenvalue weighted by Gasteiger charge is 2.30. The SMILES string of the molecule is C=CC1CN(C(=O)c2ccc([N+](=O)[O-])cc2)CCC1CCOC(=O)c1ccc([N+](=O)[O-])cc1. The normalized spacial score (nSPS) is 17.8. The molecule has 10 heteroatoms. The van der Waals surface area contributed by atoms with Gasteiger partial charge in [-0.3, -0.25) is 25.0 Å². The minimum Gasteiger partial charge on any atom is -0.462 e. The van der Waals surface area contributed by atoms with E-state index in [9.17, 15) is 29.8 Å². The summed E-state index contributed by atoms with van der Waals surface area (Å²) in [5, 5.41) is 21.5. The van der Waals surface area contributed by atoms with E-state index in [2.05, 4.69) is 6.58 Å². The van der Waals surface area contributed by atoms with Gasteiger partial charge in [0, 0.05) is 42.9 Å². The van der Waals surface area contributed by atoms with Crippen LogP contribution in [0.4, 0.5) is 11.4 Å². The minimum atomic E-state index is -0.550. The average Bonchev–Trinajstić information content (AvgIpc) is 2.83. The molecular formula is C23H23N3O7. The van der Waals surface area contributed by atoms with Crippen molar-refractivity contribution >= 4 is 23.3 Å². The first kappa shape index (κ1) is 23.6. The maximum Gasteiger partial charge on any atom is 0.338 e. The molecule has 1 aliphatic heterocycles. The Morgan fingerprint density at radius 3 is 2.06 bits per heavy atom. The van der Waals surface area contributed by atoms with Crippen molar-refractivity contribution < 1.29 is 24.2 Å². The molecule has 3 rings (SSSR count). The van der Waals surface area contributed by atoms with Crippen molar-refractivity contribution in [3.8, 4) is 0 Å². The Bertz CT molecular complexity index is 1050. The van der Waals surface area contributed by atoms with Crippen LogP contribution in [0.3, 0.4) is 0 Å². The molecule has 33 heavy (non-hydrogen) atoms. The second-order valence-electron chi connectivity index (χ2n) is 7.73. The lowest BCUT2D eigenvalue weighted by molar-refractivity contribution is -0.385. The van der Waals surface area contributed by atoms with Crippen molar-refractivity contribution in [2.45, 2.75) is 12.8 Å². The van der Waals surface area contributed by atoms with Crippen molar-refractivity contribution in [1.29, 1.82) is 0 Å². The summed E-state index contributed by atoms with van der Waals surface area (Å²) in [5.41, 5.74) is 0.455. The molecule has 1 aliphatic rings. The van der Waals surface area contributed by atoms with Crippen molar-refractivity contribution in [3.05, 3.63) is 92.5 Å². The molecule has 1 amide bonds. The van der Waals surface area contributed by atoms with Gasteiger partial charge < -0.3 is 9.64 Å². The predicted molar refractivity (Wildman–Crippen MR) is 119 cm³/mol. The van der Waals surface area contributed by atoms with Crippen LogP contribution in [0, 0.1) is 32.1 Å². The van der Waals surface area contributed by atoms with Gasteiger partial charge in [0.1, 0.15) is 0 Å². The Morgan fingerprint density at radius 2 is 1.55 bits per heavy atom. The quantitative estimate of drug-likeness (QED) is 0.255. The molecule has 0 radical (unpaired) electrons. The maximum atomic E-state index is 12.8. The van der Waals surface area contributed by atoms with Gasteiger partial charge in [-0.05, 0) is 48.9 Å². The average molecular weight is 453 g/mol. The molecule has 0 N–H and O–H groups in total. The molecule has 2 unspecified atom stereocenters. The second-order valence-corrected chi connectivity index (χ2v) is 7.73. The summed E-state index contributed by atoms with van der Waals surface area (Å²) in [7, 11) is 0. The van der Waals surface area contributed by atoms with Gasteiger partial charge in [-0.2, -0.15) is 0 Å². The van der Waals surface area contributed by atoms with E-state index in [1.54, 1.807) is 11.0 Å². The van der Waals surface area contributed by atoms with Gasteiger partial charge in [0.2, 0.25) is 0 Å². The fourth-order valence-electron chi connectivity index (χ4n) is 3.85. The topological polar surface area (TPSA) is 133 Å². The summed E-state index contributed by atoms with van der Waals surface area (Å²) < 4.78 is 5.32. The zero-order chi connectivity index (χ0) is 24.0. The van der Waals surface area contributed by atoms with Crippen molar-refractivity contribution in [3.63, 3.8) is 0 Å². The molecule has 2 atom stereocenters. The first-order valence-corrected chi connectivity index (χ1v) is 10.4. The molecule has 0 saturated carbocycles. The third-order valence-electron chi connectivity index (χ3n) is 5.76. The van der Waals surface area contributed by atoms with Gasteiger partial charge in [0.25, 0.3) is 17.3 Å². The molecule has 1 heterocycles. The van der Waals surface area contributed by atoms with E-state index in [0.29, 0.717) is 31.5 Å². The zero-order valence-corrected chi connectivity index (χ0v) is 17.8. The number of hydrogen-bond acceptors (Lipinski definition) is 7. The Hall–Kier alpha value is -4.08. The molecule has 0 bridgehead atoms. The van der Waals surface area contributed by atoms with Gasteiger partial charge in [0.05, 0.1) is 22.0 Å². The summed E-state index contributed by atoms with van der Waals surface area (Å²) >= 11 is 0. The van der Waals surface area contributed by atoms with E-state index >= 15 is 0 Å². The number of carbonyl (C=O) groups excluding carboxylic acids is 2. The van der Waals surface area contributed by atoms with Crippen LogP contribution >= 0.6 is 0 Å². The Labute approximate surface area is 189 Å². The number of non-ortho nitro benzene ring substituents is 2. The van der Waals surface area contributed by atoms with Crippen molar-refractivity contribution in [1.82, 2.24) is 4.90 Å². The first-order valence-electron chi connectivity index (χ1n) is 10.4. The number of benzene rings is 2. The third-order valence-corrected chi connectivity index (χ3v) is 5.76. The molecular weight excluding hydrogens is 430 g/mol. The number of carbonyl (C=O) groups is 2. The minimum absolute atomic E-state index is 0.0128. The summed E-state index contributed by atoms with van der Waals surface area (Å²) in [4.78, 5) is 47.1. The zero-order valence-electron chi connectivity index (χ0n) is 17.8. The van der Waals surface area contributed by atoms with Crippen molar-refractivity contribution in [2.75, 3.05) is 19.7 Å². The smallest absolute Gasteiger partial charge is 0.338 e. The lowest BCUT2D eigenvalue weighted by Crippen LogP contribution is -2.43. The second kappa shape index (κ2) is 10.5. The van der Waals surface area contributed by atoms with Crippen LogP contribution in [-0.4, -0.2) is 46.3 Å². The highest BCUT2D eigenvalue weighted by Crippen LogP contribution is 2.29. The van der Waals surface area contributed by atoms with E-state index in [4.69, 9.17) is 4.74 Å². The third kappa shape index (κ3) is 5.79. The van der Waals surface area contributed by atoms with E-state index < -0.39 is 15.8 Å². The Kier molecular flexibility index (Phi) is 7.50. The highest BCUT2D eigenvalue weighted by molar-refractivity contribution is 5.94. The Morgan fingerprint density at radius 1 is 1.00 bits per heavy atom. The number of ether oxygens (including phenoxy) is 1. The standard InChI is InChI=1S/C23H23N3O7/c1-2-16-15-24(22(27)18-3-7-20(8-4-18)25(29)30)13-11-17(16)12-14-33-23(28)19-5-9-21(10-6-19)26(31)32/h2-10,16-17H,1,11-15H2. The van der Waals surface area contributed by atoms with Gasteiger partial charge in [0.15, 0.2) is 0 Å². The molecule has 2 aromatic carbocycles. The van der Waals surface area contributed by atoms with E-state index in [1.807, 2.05) is 0 Å². The molecule has 2 aromatic rings. The monoisotopic (exact) mass is 453 g/mol. The van der Waals surface area contributed by atoms with Crippen molar-refractivity contribution in [2.24, 2.45) is 11.8 Å². The number of likely N-dealkylation sites (tertiary alicyclic amines) is 1. The Balaban J connectivity index is 1.51. The van der Waals surface area contributed by atoms with Crippen LogP contribution in [0.1, 0.15) is 33.6 Å². The molecule has 172 valence electrons. The van der Waals surface area contributed by atoms with Gasteiger partial charge in [-0.25, -0.2) is 4.79 Å². The van der Waals surface area contributed by atoms with E-state index in [1.165, 1.54) is 48.5 Å². The van der Waals surface area contributed by atoms with Crippen LogP contribution in [-0.2, 0) is 4.74 Å². The molecule has 0 spiro atoms. The summed E-state index contributed by atoms with van der Waals surface area (Å²) in [6.45, 7) is 5.02. The molecule has 0 aromatic heterocycles. The van der Waals surface area contributed by atoms with Crippen LogP contribution in [0.2, 0.25) is 0 Å². The molecule has 0 aliphatic carbocycles. The van der Waals surface area contributed by atoms with E-state index in [-0.39, 0.29) is 41.3 Å². The highest BCUT2D eigenvalue weighted by atomic mass is 16.6. The number of nitro benzene ring substituents is 2. The molecule has 1 fully saturated rings. The van der Waals surface area contributed by atoms with Crippen LogP contribution in [0.15, 0.2) is 61.2 Å². The lowest BCUT2D eigenvalue weighted by atomic mass is 9.83. The van der Waals surface area contributed by atoms with Gasteiger partial charge >= 0.3 is 5.97 Å². The van der Waals surface area contributed by atoms with Crippen LogP contribution < -0.4 is 0 Å². The predicted octanol–water partition coefficient (Wildman–Crippen LogP) is 4.01. The number of hydrogen-bond donors (Lipinski definition) is 0. The molecule has 1 saturated heterocycles. The first-order chi connectivity index (χ1) is 15.8. The maximum absolute atomic E-state index is 12.8. The summed E-state index contributed by atoms with van der Waals surface area (Å²) in [6, 6.07) is 10.7.